The molecule has 1 aromatic carbocycles. The van der Waals surface area contributed by atoms with Crippen LogP contribution < -0.4 is 4.90 Å². The van der Waals surface area contributed by atoms with Crippen molar-refractivity contribution in [2.75, 3.05) is 11.4 Å². The predicted molar refractivity (Wildman–Crippen MR) is 79.4 cm³/mol. The van der Waals surface area contributed by atoms with Crippen molar-refractivity contribution >= 4 is 5.69 Å². The number of rotatable bonds is 3. The molecule has 0 aromatic heterocycles. The van der Waals surface area contributed by atoms with Gasteiger partial charge in [0, 0.05) is 18.3 Å². The molecule has 0 radical (unpaired) electrons. The van der Waals surface area contributed by atoms with Crippen LogP contribution in [0.2, 0.25) is 0 Å². The number of nitrogens with zero attached hydrogens (tertiary/aromatic N) is 1. The first kappa shape index (κ1) is 13.0. The van der Waals surface area contributed by atoms with Gasteiger partial charge in [0.25, 0.3) is 0 Å². The number of piperidine rings is 1. The zero-order valence-corrected chi connectivity index (χ0v) is 11.9. The van der Waals surface area contributed by atoms with Crippen LogP contribution in [0.4, 0.5) is 5.69 Å². The third-order valence-corrected chi connectivity index (χ3v) is 4.99. The molecule has 1 aliphatic heterocycles. The molecule has 2 heteroatoms. The van der Waals surface area contributed by atoms with Crippen LogP contribution in [0.5, 0.6) is 0 Å². The Hall–Kier alpha value is -1.02. The maximum Gasteiger partial charge on any atom is 0.0787 e. The van der Waals surface area contributed by atoms with Gasteiger partial charge >= 0.3 is 0 Å². The minimum absolute atomic E-state index is 0.311. The lowest BCUT2D eigenvalue weighted by Gasteiger charge is -2.39. The van der Waals surface area contributed by atoms with Gasteiger partial charge in [-0.2, -0.15) is 0 Å². The van der Waals surface area contributed by atoms with Crippen LogP contribution in [0.25, 0.3) is 0 Å². The average molecular weight is 259 g/mol. The van der Waals surface area contributed by atoms with Gasteiger partial charge in [0.2, 0.25) is 0 Å². The Balaban J connectivity index is 1.77. The summed E-state index contributed by atoms with van der Waals surface area (Å²) < 4.78 is 0. The second-order valence-electron chi connectivity index (χ2n) is 6.11. The number of aliphatic hydroxyl groups excluding tert-OH is 1. The topological polar surface area (TPSA) is 23.5 Å². The summed E-state index contributed by atoms with van der Waals surface area (Å²) in [4.78, 5) is 2.61. The minimum Gasteiger partial charge on any atom is -0.388 e. The van der Waals surface area contributed by atoms with Crippen LogP contribution in [0.1, 0.15) is 57.1 Å². The van der Waals surface area contributed by atoms with Gasteiger partial charge in [-0.05, 0) is 55.7 Å². The van der Waals surface area contributed by atoms with E-state index in [0.29, 0.717) is 0 Å². The van der Waals surface area contributed by atoms with Gasteiger partial charge in [0.15, 0.2) is 0 Å². The van der Waals surface area contributed by atoms with Gasteiger partial charge in [-0.1, -0.05) is 25.5 Å². The predicted octanol–water partition coefficient (Wildman–Crippen LogP) is 3.90. The number of hydrogen-bond acceptors (Lipinski definition) is 2. The number of benzene rings is 1. The van der Waals surface area contributed by atoms with Crippen molar-refractivity contribution < 1.29 is 5.11 Å². The molecule has 3 atom stereocenters. The zero-order valence-electron chi connectivity index (χ0n) is 11.9. The molecule has 3 rings (SSSR count). The molecule has 1 N–H and O–H groups in total. The lowest BCUT2D eigenvalue weighted by atomic mass is 9.91. The van der Waals surface area contributed by atoms with Gasteiger partial charge in [0.05, 0.1) is 6.10 Å². The largest absolute Gasteiger partial charge is 0.388 e. The van der Waals surface area contributed by atoms with E-state index in [1.54, 1.807) is 0 Å². The summed E-state index contributed by atoms with van der Waals surface area (Å²) in [6.45, 7) is 3.23. The van der Waals surface area contributed by atoms with Crippen molar-refractivity contribution in [3.8, 4) is 0 Å². The molecule has 0 spiro atoms. The summed E-state index contributed by atoms with van der Waals surface area (Å²) in [6.07, 6.45) is 7.42. The highest BCUT2D eigenvalue weighted by molar-refractivity contribution is 5.49. The molecule has 1 saturated carbocycles. The van der Waals surface area contributed by atoms with Gasteiger partial charge in [-0.25, -0.2) is 0 Å². The molecule has 1 aromatic rings. The van der Waals surface area contributed by atoms with E-state index in [1.165, 1.54) is 44.3 Å². The van der Waals surface area contributed by atoms with Crippen LogP contribution >= 0.6 is 0 Å². The summed E-state index contributed by atoms with van der Waals surface area (Å²) >= 11 is 0. The van der Waals surface area contributed by atoms with E-state index in [4.69, 9.17) is 0 Å². The number of fused-ring (bicyclic) bond motifs is 1. The summed E-state index contributed by atoms with van der Waals surface area (Å²) in [5.74, 6) is 0.926. The standard InChI is InChI=1S/C17H25NO/c1-2-17(19)14-8-10-15(11-9-14)18-12-4-6-13-5-3-7-16(13)18/h8-11,13,16-17,19H,2-7,12H2,1H3. The zero-order chi connectivity index (χ0) is 13.2. The number of aliphatic hydroxyl groups is 1. The van der Waals surface area contributed by atoms with Crippen LogP contribution in [0, 0.1) is 5.92 Å². The van der Waals surface area contributed by atoms with Crippen molar-refractivity contribution in [2.45, 2.75) is 57.6 Å². The number of hydrogen-bond donors (Lipinski definition) is 1. The van der Waals surface area contributed by atoms with Crippen LogP contribution in [0.3, 0.4) is 0 Å². The van der Waals surface area contributed by atoms with Gasteiger partial charge < -0.3 is 10.0 Å². The SMILES string of the molecule is CCC(O)c1ccc(N2CCCC3CCCC32)cc1. The maximum absolute atomic E-state index is 9.87. The Morgan fingerprint density at radius 2 is 1.89 bits per heavy atom. The second-order valence-corrected chi connectivity index (χ2v) is 6.11. The van der Waals surface area contributed by atoms with Crippen molar-refractivity contribution in [1.82, 2.24) is 0 Å². The van der Waals surface area contributed by atoms with E-state index in [-0.39, 0.29) is 6.10 Å². The molecular formula is C17H25NO. The van der Waals surface area contributed by atoms with E-state index in [0.717, 1.165) is 23.9 Å². The van der Waals surface area contributed by atoms with Crippen molar-refractivity contribution in [1.29, 1.82) is 0 Å². The fourth-order valence-electron chi connectivity index (χ4n) is 3.90. The Bertz CT molecular complexity index is 414. The highest BCUT2D eigenvalue weighted by atomic mass is 16.3. The molecule has 2 nitrogen and oxygen atoms in total. The Kier molecular flexibility index (Phi) is 3.79. The van der Waals surface area contributed by atoms with E-state index >= 15 is 0 Å². The molecule has 3 unspecified atom stereocenters. The molecule has 2 aliphatic rings. The van der Waals surface area contributed by atoms with Gasteiger partial charge in [-0.15, -0.1) is 0 Å². The van der Waals surface area contributed by atoms with Gasteiger partial charge in [-0.3, -0.25) is 0 Å². The smallest absolute Gasteiger partial charge is 0.0787 e. The molecule has 19 heavy (non-hydrogen) atoms. The van der Waals surface area contributed by atoms with Crippen LogP contribution in [0.15, 0.2) is 24.3 Å². The van der Waals surface area contributed by atoms with E-state index in [2.05, 4.69) is 29.2 Å². The molecule has 2 fully saturated rings. The summed E-state index contributed by atoms with van der Waals surface area (Å²) in [5, 5.41) is 9.87. The van der Waals surface area contributed by atoms with E-state index in [1.807, 2.05) is 6.92 Å². The monoisotopic (exact) mass is 259 g/mol. The molecular weight excluding hydrogens is 234 g/mol. The molecule has 104 valence electrons. The summed E-state index contributed by atoms with van der Waals surface area (Å²) in [6, 6.07) is 9.38. The highest BCUT2D eigenvalue weighted by Crippen LogP contribution is 2.39. The molecule has 0 amide bonds. The maximum atomic E-state index is 9.87. The van der Waals surface area contributed by atoms with E-state index < -0.39 is 0 Å². The van der Waals surface area contributed by atoms with Gasteiger partial charge in [0.1, 0.15) is 0 Å². The molecule has 1 saturated heterocycles. The van der Waals surface area contributed by atoms with Crippen molar-refractivity contribution in [3.05, 3.63) is 29.8 Å². The first-order valence-electron chi connectivity index (χ1n) is 7.84. The van der Waals surface area contributed by atoms with Crippen molar-refractivity contribution in [3.63, 3.8) is 0 Å². The fourth-order valence-corrected chi connectivity index (χ4v) is 3.90. The first-order chi connectivity index (χ1) is 9.29. The normalized spacial score (nSPS) is 28.2. The Morgan fingerprint density at radius 1 is 1.16 bits per heavy atom. The quantitative estimate of drug-likeness (QED) is 0.890. The lowest BCUT2D eigenvalue weighted by molar-refractivity contribution is 0.173. The fraction of sp³-hybridized carbons (Fsp3) is 0.647. The summed E-state index contributed by atoms with van der Waals surface area (Å²) in [7, 11) is 0. The minimum atomic E-state index is -0.311. The third-order valence-electron chi connectivity index (χ3n) is 4.99. The second kappa shape index (κ2) is 5.54. The Labute approximate surface area is 116 Å². The molecule has 1 aliphatic carbocycles. The van der Waals surface area contributed by atoms with Crippen LogP contribution in [-0.4, -0.2) is 17.7 Å². The van der Waals surface area contributed by atoms with Crippen molar-refractivity contribution in [2.24, 2.45) is 5.92 Å². The number of anilines is 1. The van der Waals surface area contributed by atoms with E-state index in [9.17, 15) is 5.11 Å². The first-order valence-corrected chi connectivity index (χ1v) is 7.84. The third kappa shape index (κ3) is 2.51. The average Bonchev–Trinajstić information content (AvgIpc) is 2.95. The summed E-state index contributed by atoms with van der Waals surface area (Å²) in [5.41, 5.74) is 2.40. The lowest BCUT2D eigenvalue weighted by Crippen LogP contribution is -2.42. The highest BCUT2D eigenvalue weighted by Gasteiger charge is 2.34. The van der Waals surface area contributed by atoms with Crippen LogP contribution in [-0.2, 0) is 0 Å². The molecule has 0 bridgehead atoms. The Morgan fingerprint density at radius 3 is 2.63 bits per heavy atom. The molecule has 1 heterocycles.